The lowest BCUT2D eigenvalue weighted by atomic mass is 10.0. The molecular weight excluding hydrogens is 432 g/mol. The molecule has 4 aromatic rings. The van der Waals surface area contributed by atoms with Gasteiger partial charge in [0.2, 0.25) is 0 Å². The highest BCUT2D eigenvalue weighted by atomic mass is 16.3. The van der Waals surface area contributed by atoms with E-state index in [4.69, 9.17) is 4.42 Å². The topological polar surface area (TPSA) is 113 Å². The maximum Gasteiger partial charge on any atom is 0.270 e. The lowest BCUT2D eigenvalue weighted by Crippen LogP contribution is -2.46. The van der Waals surface area contributed by atoms with Crippen LogP contribution in [0.15, 0.2) is 65.1 Å². The van der Waals surface area contributed by atoms with Gasteiger partial charge in [-0.15, -0.1) is 0 Å². The number of nitrogens with one attached hydrogen (secondary N) is 3. The molecule has 0 aliphatic carbocycles. The van der Waals surface area contributed by atoms with Crippen LogP contribution in [-0.4, -0.2) is 29.3 Å². The summed E-state index contributed by atoms with van der Waals surface area (Å²) in [5, 5.41) is 3.17. The van der Waals surface area contributed by atoms with Gasteiger partial charge in [-0.2, -0.15) is 0 Å². The van der Waals surface area contributed by atoms with E-state index < -0.39 is 17.7 Å². The lowest BCUT2D eigenvalue weighted by molar-refractivity contribution is -0.120. The highest BCUT2D eigenvalue weighted by Gasteiger charge is 2.17. The summed E-state index contributed by atoms with van der Waals surface area (Å²) in [6, 6.07) is 18.4. The van der Waals surface area contributed by atoms with Crippen LogP contribution in [0, 0.1) is 20.8 Å². The first-order chi connectivity index (χ1) is 16.3. The Labute approximate surface area is 196 Å². The molecular formula is C26H24N4O4. The molecule has 2 aromatic carbocycles. The number of carbonyl (C=O) groups is 3. The highest BCUT2D eigenvalue weighted by molar-refractivity contribution is 6.07. The molecule has 172 valence electrons. The van der Waals surface area contributed by atoms with Crippen LogP contribution in [0.2, 0.25) is 0 Å². The van der Waals surface area contributed by atoms with Gasteiger partial charge < -0.3 is 9.73 Å². The molecule has 3 N–H and O–H groups in total. The van der Waals surface area contributed by atoms with Gasteiger partial charge in [0.1, 0.15) is 11.5 Å². The number of para-hydroxylation sites is 1. The zero-order valence-corrected chi connectivity index (χ0v) is 19.1. The van der Waals surface area contributed by atoms with Gasteiger partial charge in [-0.05, 0) is 39.0 Å². The van der Waals surface area contributed by atoms with E-state index in [1.54, 1.807) is 32.0 Å². The monoisotopic (exact) mass is 456 g/mol. The number of amides is 3. The number of fused-ring (bicyclic) bond motifs is 1. The molecule has 2 heterocycles. The fraction of sp³-hybridized carbons (Fsp3) is 0.154. The zero-order chi connectivity index (χ0) is 24.2. The minimum absolute atomic E-state index is 0.311. The van der Waals surface area contributed by atoms with Gasteiger partial charge in [0, 0.05) is 10.9 Å². The van der Waals surface area contributed by atoms with Gasteiger partial charge in [-0.3, -0.25) is 25.2 Å². The Kier molecular flexibility index (Phi) is 6.40. The number of pyridine rings is 1. The third kappa shape index (κ3) is 4.96. The normalized spacial score (nSPS) is 10.7. The summed E-state index contributed by atoms with van der Waals surface area (Å²) in [6.45, 7) is 5.10. The maximum absolute atomic E-state index is 13.0. The van der Waals surface area contributed by atoms with Crippen molar-refractivity contribution in [3.63, 3.8) is 0 Å². The average molecular weight is 457 g/mol. The number of hydrogen-bond donors (Lipinski definition) is 3. The summed E-state index contributed by atoms with van der Waals surface area (Å²) >= 11 is 0. The van der Waals surface area contributed by atoms with Crippen molar-refractivity contribution < 1.29 is 18.8 Å². The Hall–Kier alpha value is -4.46. The Morgan fingerprint density at radius 3 is 2.29 bits per heavy atom. The van der Waals surface area contributed by atoms with E-state index in [2.05, 4.69) is 21.2 Å². The summed E-state index contributed by atoms with van der Waals surface area (Å²) in [5.41, 5.74) is 8.80. The van der Waals surface area contributed by atoms with E-state index >= 15 is 0 Å². The first kappa shape index (κ1) is 22.7. The van der Waals surface area contributed by atoms with E-state index in [0.29, 0.717) is 39.2 Å². The Morgan fingerprint density at radius 2 is 1.59 bits per heavy atom. The maximum atomic E-state index is 13.0. The highest BCUT2D eigenvalue weighted by Crippen LogP contribution is 2.25. The molecule has 0 saturated heterocycles. The molecule has 0 radical (unpaired) electrons. The van der Waals surface area contributed by atoms with E-state index in [-0.39, 0.29) is 6.54 Å². The van der Waals surface area contributed by atoms with E-state index in [9.17, 15) is 14.4 Å². The summed E-state index contributed by atoms with van der Waals surface area (Å²) in [4.78, 5) is 42.1. The summed E-state index contributed by atoms with van der Waals surface area (Å²) in [7, 11) is 0. The van der Waals surface area contributed by atoms with Crippen LogP contribution in [0.5, 0.6) is 0 Å². The number of rotatable bonds is 5. The van der Waals surface area contributed by atoms with Crippen molar-refractivity contribution in [3.05, 3.63) is 88.9 Å². The number of aryl methyl sites for hydroxylation is 3. The number of nitrogens with zero attached hydrogens (tertiary/aromatic N) is 1. The Morgan fingerprint density at radius 1 is 0.853 bits per heavy atom. The van der Waals surface area contributed by atoms with E-state index in [1.165, 1.54) is 0 Å². The number of hydrogen-bond acceptors (Lipinski definition) is 5. The quantitative estimate of drug-likeness (QED) is 0.397. The first-order valence-corrected chi connectivity index (χ1v) is 10.7. The van der Waals surface area contributed by atoms with Crippen molar-refractivity contribution in [2.45, 2.75) is 20.8 Å². The lowest BCUT2D eigenvalue weighted by Gasteiger charge is -2.12. The second-order valence-corrected chi connectivity index (χ2v) is 7.95. The fourth-order valence-electron chi connectivity index (χ4n) is 3.59. The number of furan rings is 1. The molecule has 2 aromatic heterocycles. The minimum Gasteiger partial charge on any atom is -0.466 e. The molecule has 0 atom stereocenters. The third-order valence-corrected chi connectivity index (χ3v) is 5.32. The van der Waals surface area contributed by atoms with Crippen molar-refractivity contribution in [1.82, 2.24) is 21.2 Å². The molecule has 0 aliphatic heterocycles. The van der Waals surface area contributed by atoms with Crippen LogP contribution in [0.1, 0.15) is 37.8 Å². The summed E-state index contributed by atoms with van der Waals surface area (Å²) in [6.07, 6.45) is 0. The molecule has 0 saturated carbocycles. The molecule has 0 aliphatic rings. The van der Waals surface area contributed by atoms with Gasteiger partial charge in [0.15, 0.2) is 0 Å². The molecule has 8 nitrogen and oxygen atoms in total. The van der Waals surface area contributed by atoms with Gasteiger partial charge in [0.25, 0.3) is 17.7 Å². The fourth-order valence-corrected chi connectivity index (χ4v) is 3.59. The van der Waals surface area contributed by atoms with Crippen LogP contribution < -0.4 is 16.2 Å². The molecule has 0 unspecified atom stereocenters. The van der Waals surface area contributed by atoms with E-state index in [0.717, 1.165) is 11.1 Å². The third-order valence-electron chi connectivity index (χ3n) is 5.32. The van der Waals surface area contributed by atoms with Crippen LogP contribution in [0.25, 0.3) is 22.2 Å². The molecule has 0 bridgehead atoms. The molecule has 34 heavy (non-hydrogen) atoms. The number of aromatic nitrogens is 1. The Balaban J connectivity index is 1.46. The SMILES string of the molecule is Cc1ccc(-c2cc(C(=O)NNC(=O)CNC(=O)c3cc(C)oc3C)c3ccccc3n2)cc1. The van der Waals surface area contributed by atoms with Crippen LogP contribution in [0.3, 0.4) is 0 Å². The van der Waals surface area contributed by atoms with Gasteiger partial charge in [0.05, 0.1) is 28.9 Å². The van der Waals surface area contributed by atoms with Crippen molar-refractivity contribution in [3.8, 4) is 11.3 Å². The van der Waals surface area contributed by atoms with Crippen LogP contribution >= 0.6 is 0 Å². The predicted octanol–water partition coefficient (Wildman–Crippen LogP) is 3.61. The van der Waals surface area contributed by atoms with Crippen molar-refractivity contribution >= 4 is 28.6 Å². The van der Waals surface area contributed by atoms with E-state index in [1.807, 2.05) is 49.4 Å². The largest absolute Gasteiger partial charge is 0.466 e. The number of benzene rings is 2. The molecule has 8 heteroatoms. The average Bonchev–Trinajstić information content (AvgIpc) is 3.18. The molecule has 4 rings (SSSR count). The number of hydrazine groups is 1. The molecule has 0 fully saturated rings. The first-order valence-electron chi connectivity index (χ1n) is 10.7. The van der Waals surface area contributed by atoms with Crippen LogP contribution in [-0.2, 0) is 4.79 Å². The second-order valence-electron chi connectivity index (χ2n) is 7.95. The molecule has 0 spiro atoms. The predicted molar refractivity (Wildman–Crippen MR) is 128 cm³/mol. The standard InChI is InChI=1S/C26H24N4O4/c1-15-8-10-18(11-9-15)23-13-21(19-6-4-5-7-22(19)28-23)26(33)30-29-24(31)14-27-25(32)20-12-16(2)34-17(20)3/h4-13H,14H2,1-3H3,(H,27,32)(H,29,31)(H,30,33). The van der Waals surface area contributed by atoms with Gasteiger partial charge in [-0.1, -0.05) is 48.0 Å². The van der Waals surface area contributed by atoms with Gasteiger partial charge in [-0.25, -0.2) is 4.98 Å². The molecule has 3 amide bonds. The van der Waals surface area contributed by atoms with Crippen molar-refractivity contribution in [2.75, 3.05) is 6.54 Å². The summed E-state index contributed by atoms with van der Waals surface area (Å²) in [5.74, 6) is -0.421. The van der Waals surface area contributed by atoms with Crippen LogP contribution in [0.4, 0.5) is 0 Å². The second kappa shape index (κ2) is 9.58. The minimum atomic E-state index is -0.573. The number of carbonyl (C=O) groups excluding carboxylic acids is 3. The van der Waals surface area contributed by atoms with Gasteiger partial charge >= 0.3 is 0 Å². The smallest absolute Gasteiger partial charge is 0.270 e. The van der Waals surface area contributed by atoms with Crippen molar-refractivity contribution in [2.24, 2.45) is 0 Å². The Bertz CT molecular complexity index is 1390. The summed E-state index contributed by atoms with van der Waals surface area (Å²) < 4.78 is 5.33. The zero-order valence-electron chi connectivity index (χ0n) is 19.1. The van der Waals surface area contributed by atoms with Crippen molar-refractivity contribution in [1.29, 1.82) is 0 Å².